The summed E-state index contributed by atoms with van der Waals surface area (Å²) in [5.74, 6) is 0. The van der Waals surface area contributed by atoms with Gasteiger partial charge in [0.15, 0.2) is 0 Å². The van der Waals surface area contributed by atoms with Crippen molar-refractivity contribution in [2.24, 2.45) is 0 Å². The van der Waals surface area contributed by atoms with E-state index in [2.05, 4.69) is 291 Å². The van der Waals surface area contributed by atoms with Crippen LogP contribution in [0, 0.1) is 0 Å². The lowest BCUT2D eigenvalue weighted by molar-refractivity contribution is 1.61. The van der Waals surface area contributed by atoms with Crippen LogP contribution < -0.4 is 0 Å². The third-order valence-corrected chi connectivity index (χ3v) is 14.5. The number of fused-ring (bicyclic) bond motifs is 5. The third kappa shape index (κ3) is 7.86. The molecule has 336 valence electrons. The van der Waals surface area contributed by atoms with Gasteiger partial charge in [0.05, 0.1) is 0 Å². The first-order chi connectivity index (χ1) is 35.7. The molecule has 0 aliphatic carbocycles. The zero-order chi connectivity index (χ0) is 47.8. The van der Waals surface area contributed by atoms with Crippen molar-refractivity contribution in [2.45, 2.75) is 0 Å². The van der Waals surface area contributed by atoms with Gasteiger partial charge in [-0.2, -0.15) is 0 Å². The van der Waals surface area contributed by atoms with E-state index in [9.17, 15) is 0 Å². The highest BCUT2D eigenvalue weighted by molar-refractivity contribution is 6.25. The van der Waals surface area contributed by atoms with Crippen LogP contribution in [0.1, 0.15) is 22.3 Å². The molecule has 0 aliphatic rings. The van der Waals surface area contributed by atoms with Crippen molar-refractivity contribution < 1.29 is 0 Å². The zero-order valence-corrected chi connectivity index (χ0v) is 39.7. The van der Waals surface area contributed by atoms with E-state index in [1.54, 1.807) is 0 Å². The molecule has 0 atom stereocenters. The minimum absolute atomic E-state index is 1.19. The van der Waals surface area contributed by atoms with E-state index in [1.165, 1.54) is 132 Å². The Balaban J connectivity index is 0.953. The van der Waals surface area contributed by atoms with Crippen LogP contribution >= 0.6 is 0 Å². The van der Waals surface area contributed by atoms with Gasteiger partial charge in [0, 0.05) is 0 Å². The fourth-order valence-electron chi connectivity index (χ4n) is 11.0. The smallest absolute Gasteiger partial charge is 0.00141 e. The molecule has 0 heterocycles. The molecule has 0 radical (unpaired) electrons. The highest BCUT2D eigenvalue weighted by Gasteiger charge is 2.21. The average Bonchev–Trinajstić information content (AvgIpc) is 3.45. The van der Waals surface area contributed by atoms with Crippen molar-refractivity contribution in [3.05, 3.63) is 289 Å². The molecule has 0 amide bonds. The van der Waals surface area contributed by atoms with Gasteiger partial charge in [0.25, 0.3) is 0 Å². The van der Waals surface area contributed by atoms with Crippen LogP contribution in [-0.4, -0.2) is 0 Å². The molecule has 13 aromatic rings. The lowest BCUT2D eigenvalue weighted by Gasteiger charge is -2.21. The topological polar surface area (TPSA) is 0 Å². The first-order valence-corrected chi connectivity index (χ1v) is 24.9. The molecule has 0 bridgehead atoms. The van der Waals surface area contributed by atoms with Gasteiger partial charge >= 0.3 is 0 Å². The predicted molar refractivity (Wildman–Crippen MR) is 312 cm³/mol. The number of hydrogen-bond acceptors (Lipinski definition) is 0. The van der Waals surface area contributed by atoms with Crippen LogP contribution in [0.4, 0.5) is 0 Å². The summed E-state index contributed by atoms with van der Waals surface area (Å²) >= 11 is 0. The summed E-state index contributed by atoms with van der Waals surface area (Å²) in [4.78, 5) is 0. The first kappa shape index (κ1) is 42.7. The largest absolute Gasteiger partial charge is 0.0622 e. The maximum Gasteiger partial charge on any atom is -0.00141 e. The Morgan fingerprint density at radius 1 is 0.208 bits per heavy atom. The predicted octanol–water partition coefficient (Wildman–Crippen LogP) is 20.1. The minimum Gasteiger partial charge on any atom is -0.0622 e. The molecule has 72 heavy (non-hydrogen) atoms. The van der Waals surface area contributed by atoms with Gasteiger partial charge in [-0.3, -0.25) is 0 Å². The summed E-state index contributed by atoms with van der Waals surface area (Å²) in [5, 5.41) is 12.4. The van der Waals surface area contributed by atoms with Crippen molar-refractivity contribution in [2.75, 3.05) is 0 Å². The van der Waals surface area contributed by atoms with E-state index in [0.717, 1.165) is 0 Å². The summed E-state index contributed by atoms with van der Waals surface area (Å²) in [7, 11) is 0. The summed E-state index contributed by atoms with van der Waals surface area (Å²) < 4.78 is 0. The van der Waals surface area contributed by atoms with Crippen molar-refractivity contribution >= 4 is 78.2 Å². The lowest BCUT2D eigenvalue weighted by atomic mass is 9.82. The van der Waals surface area contributed by atoms with E-state index >= 15 is 0 Å². The van der Waals surface area contributed by atoms with Crippen LogP contribution in [0.2, 0.25) is 0 Å². The van der Waals surface area contributed by atoms with Crippen molar-refractivity contribution in [1.29, 1.82) is 0 Å². The molecule has 0 spiro atoms. The van der Waals surface area contributed by atoms with Crippen LogP contribution in [0.5, 0.6) is 0 Å². The standard InChI is InChI=1S/C72H48/c1-3-16-49(17-4-1)30-32-52-44-46-62(65-24-11-9-22-60(52)65)54-35-39-56(40-36-54)70-67-26-13-14-27-68(67)71(72-64(28-15-29-69(70)72)59-43-34-51-20-7-8-21-58(51)48-59)57-41-37-55(38-42-57)63-47-45-53(61-23-10-12-25-66(61)63)33-31-50-18-5-2-6-19-50/h1-48H/b32-30+,33-31+. The monoisotopic (exact) mass is 912 g/mol. The number of rotatable bonds is 9. The molecular formula is C72H48. The Hall–Kier alpha value is -9.36. The first-order valence-electron chi connectivity index (χ1n) is 24.9. The normalized spacial score (nSPS) is 11.8. The highest BCUT2D eigenvalue weighted by Crippen LogP contribution is 2.48. The van der Waals surface area contributed by atoms with E-state index in [4.69, 9.17) is 0 Å². The van der Waals surface area contributed by atoms with Crippen molar-refractivity contribution in [1.82, 2.24) is 0 Å². The fraction of sp³-hybridized carbons (Fsp3) is 0. The SMILES string of the molecule is C(=C\c1ccc(-c2ccc(-c3c4ccccc4c(-c4ccc(-c5ccc(/C=C/c6ccccc6)c6ccccc56)cc4)c4c(-c5ccc6ccccc6c5)cccc34)cc2)c2ccccc12)/c1ccccc1. The van der Waals surface area contributed by atoms with Crippen LogP contribution in [0.3, 0.4) is 0 Å². The number of hydrogen-bond donors (Lipinski definition) is 0. The minimum atomic E-state index is 1.19. The van der Waals surface area contributed by atoms with Crippen LogP contribution in [0.15, 0.2) is 267 Å². The average molecular weight is 913 g/mol. The Morgan fingerprint density at radius 2 is 0.625 bits per heavy atom. The second-order valence-corrected chi connectivity index (χ2v) is 18.7. The second kappa shape index (κ2) is 18.5. The van der Waals surface area contributed by atoms with E-state index < -0.39 is 0 Å². The van der Waals surface area contributed by atoms with Gasteiger partial charge in [0.2, 0.25) is 0 Å². The summed E-state index contributed by atoms with van der Waals surface area (Å²) in [6, 6.07) is 97.8. The Bertz CT molecular complexity index is 4210. The molecule has 0 aliphatic heterocycles. The van der Waals surface area contributed by atoms with Gasteiger partial charge in [0.1, 0.15) is 0 Å². The molecule has 13 rings (SSSR count). The Kier molecular flexibility index (Phi) is 11.0. The molecule has 13 aromatic carbocycles. The molecule has 0 nitrogen and oxygen atoms in total. The second-order valence-electron chi connectivity index (χ2n) is 18.7. The molecule has 0 saturated carbocycles. The lowest BCUT2D eigenvalue weighted by Crippen LogP contribution is -1.94. The zero-order valence-electron chi connectivity index (χ0n) is 39.7. The number of benzene rings is 13. The van der Waals surface area contributed by atoms with Gasteiger partial charge in [-0.15, -0.1) is 0 Å². The van der Waals surface area contributed by atoms with Gasteiger partial charge in [-0.1, -0.05) is 285 Å². The van der Waals surface area contributed by atoms with Gasteiger partial charge < -0.3 is 0 Å². The molecule has 0 heteroatoms. The summed E-state index contributed by atoms with van der Waals surface area (Å²) in [5.41, 5.74) is 16.9. The van der Waals surface area contributed by atoms with E-state index in [-0.39, 0.29) is 0 Å². The fourth-order valence-corrected chi connectivity index (χ4v) is 11.0. The molecule has 0 N–H and O–H groups in total. The molecule has 0 fully saturated rings. The van der Waals surface area contributed by atoms with Crippen LogP contribution in [-0.2, 0) is 0 Å². The molecular weight excluding hydrogens is 865 g/mol. The molecule has 0 aromatic heterocycles. The van der Waals surface area contributed by atoms with Gasteiger partial charge in [-0.25, -0.2) is 0 Å². The van der Waals surface area contributed by atoms with E-state index in [1.807, 2.05) is 0 Å². The summed E-state index contributed by atoms with van der Waals surface area (Å²) in [6.07, 6.45) is 8.87. The molecule has 0 unspecified atom stereocenters. The van der Waals surface area contributed by atoms with Crippen LogP contribution in [0.25, 0.3) is 134 Å². The molecule has 0 saturated heterocycles. The van der Waals surface area contributed by atoms with Crippen molar-refractivity contribution in [3.63, 3.8) is 0 Å². The van der Waals surface area contributed by atoms with E-state index in [0.29, 0.717) is 0 Å². The van der Waals surface area contributed by atoms with Crippen molar-refractivity contribution in [3.8, 4) is 55.6 Å². The highest BCUT2D eigenvalue weighted by atomic mass is 14.2. The van der Waals surface area contributed by atoms with Gasteiger partial charge in [-0.05, 0) is 138 Å². The maximum atomic E-state index is 2.36. The maximum absolute atomic E-state index is 2.36. The Morgan fingerprint density at radius 3 is 1.18 bits per heavy atom. The summed E-state index contributed by atoms with van der Waals surface area (Å²) in [6.45, 7) is 0. The quantitative estimate of drug-likeness (QED) is 0.1000. The Labute approximate surface area is 420 Å². The third-order valence-electron chi connectivity index (χ3n) is 14.5.